The smallest absolute Gasteiger partial charge is 0.225 e. The quantitative estimate of drug-likeness (QED) is 0.795. The molecule has 1 amide bonds. The van der Waals surface area contributed by atoms with E-state index in [1.165, 1.54) is 0 Å². The summed E-state index contributed by atoms with van der Waals surface area (Å²) in [5.74, 6) is 1.23. The van der Waals surface area contributed by atoms with Crippen LogP contribution in [0.5, 0.6) is 0 Å². The van der Waals surface area contributed by atoms with Crippen molar-refractivity contribution in [2.75, 3.05) is 46.6 Å². The van der Waals surface area contributed by atoms with Gasteiger partial charge in [-0.3, -0.25) is 4.79 Å². The largest absolute Gasteiger partial charge is 0.385 e. The molecule has 23 heavy (non-hydrogen) atoms. The molecule has 0 radical (unpaired) electrons. The number of hydrogen-bond acceptors (Lipinski definition) is 4. The zero-order chi connectivity index (χ0) is 16.1. The summed E-state index contributed by atoms with van der Waals surface area (Å²) in [5, 5.41) is 0. The van der Waals surface area contributed by atoms with Crippen LogP contribution in [0.25, 0.3) is 0 Å². The van der Waals surface area contributed by atoms with E-state index in [0.29, 0.717) is 11.8 Å². The van der Waals surface area contributed by atoms with Gasteiger partial charge in [-0.05, 0) is 50.9 Å². The van der Waals surface area contributed by atoms with E-state index in [1.54, 1.807) is 7.11 Å². The Hall–Kier alpha value is -0.650. The molecule has 3 aliphatic heterocycles. The summed E-state index contributed by atoms with van der Waals surface area (Å²) in [5.41, 5.74) is 0.0170. The van der Waals surface area contributed by atoms with Crippen LogP contribution in [0.1, 0.15) is 44.9 Å². The van der Waals surface area contributed by atoms with Crippen molar-refractivity contribution in [3.63, 3.8) is 0 Å². The Labute approximate surface area is 139 Å². The van der Waals surface area contributed by atoms with Crippen molar-refractivity contribution in [1.82, 2.24) is 4.90 Å². The standard InChI is InChI=1S/C18H31NO4/c1-21-10-2-15-3-13-23-18(14-15)6-8-19(9-7-18)17(20)16-4-11-22-12-5-16/h15-16H,2-14H2,1H3. The SMILES string of the molecule is COCCC1CCOC2(CCN(C(=O)C3CCOCC3)CC2)C1. The molecule has 3 aliphatic rings. The molecule has 0 bridgehead atoms. The molecule has 132 valence electrons. The van der Waals surface area contributed by atoms with Gasteiger partial charge in [-0.1, -0.05) is 0 Å². The highest BCUT2D eigenvalue weighted by Crippen LogP contribution is 2.39. The maximum absolute atomic E-state index is 12.6. The van der Waals surface area contributed by atoms with Gasteiger partial charge in [0.05, 0.1) is 5.60 Å². The van der Waals surface area contributed by atoms with Gasteiger partial charge in [-0.25, -0.2) is 0 Å². The number of hydrogen-bond donors (Lipinski definition) is 0. The minimum Gasteiger partial charge on any atom is -0.385 e. The van der Waals surface area contributed by atoms with Crippen LogP contribution >= 0.6 is 0 Å². The lowest BCUT2D eigenvalue weighted by Gasteiger charge is -2.47. The lowest BCUT2D eigenvalue weighted by atomic mass is 9.78. The predicted molar refractivity (Wildman–Crippen MR) is 87.3 cm³/mol. The zero-order valence-electron chi connectivity index (χ0n) is 14.4. The average Bonchev–Trinajstić information content (AvgIpc) is 2.61. The van der Waals surface area contributed by atoms with Gasteiger partial charge in [0.15, 0.2) is 0 Å². The molecule has 0 saturated carbocycles. The third-order valence-electron chi connectivity index (χ3n) is 5.88. The van der Waals surface area contributed by atoms with Crippen LogP contribution in [-0.2, 0) is 19.0 Å². The molecule has 3 rings (SSSR count). The van der Waals surface area contributed by atoms with Gasteiger partial charge in [-0.15, -0.1) is 0 Å². The summed E-state index contributed by atoms with van der Waals surface area (Å²) in [6, 6.07) is 0. The summed E-state index contributed by atoms with van der Waals surface area (Å²) in [4.78, 5) is 14.7. The van der Waals surface area contributed by atoms with Crippen molar-refractivity contribution in [2.24, 2.45) is 11.8 Å². The van der Waals surface area contributed by atoms with Crippen LogP contribution in [-0.4, -0.2) is 63.0 Å². The summed E-state index contributed by atoms with van der Waals surface area (Å²) in [6.45, 7) is 4.88. The van der Waals surface area contributed by atoms with Crippen molar-refractivity contribution in [3.05, 3.63) is 0 Å². The Morgan fingerprint density at radius 2 is 1.91 bits per heavy atom. The first-order valence-corrected chi connectivity index (χ1v) is 9.22. The van der Waals surface area contributed by atoms with Gasteiger partial charge >= 0.3 is 0 Å². The second-order valence-corrected chi connectivity index (χ2v) is 7.38. The summed E-state index contributed by atoms with van der Waals surface area (Å²) < 4.78 is 16.8. The highest BCUT2D eigenvalue weighted by molar-refractivity contribution is 5.79. The molecule has 1 atom stereocenters. The molecule has 1 unspecified atom stereocenters. The van der Waals surface area contributed by atoms with Crippen LogP contribution in [0.2, 0.25) is 0 Å². The normalized spacial score (nSPS) is 28.9. The molecule has 0 aromatic heterocycles. The first-order chi connectivity index (χ1) is 11.2. The van der Waals surface area contributed by atoms with Crippen LogP contribution in [0.3, 0.4) is 0 Å². The van der Waals surface area contributed by atoms with Gasteiger partial charge in [0.1, 0.15) is 0 Å². The molecular formula is C18H31NO4. The van der Waals surface area contributed by atoms with Gasteiger partial charge in [0, 0.05) is 52.5 Å². The number of piperidine rings is 1. The lowest BCUT2D eigenvalue weighted by Crippen LogP contribution is -2.52. The third kappa shape index (κ3) is 4.25. The van der Waals surface area contributed by atoms with E-state index in [9.17, 15) is 4.79 Å². The maximum atomic E-state index is 12.6. The molecule has 5 heteroatoms. The van der Waals surface area contributed by atoms with Crippen molar-refractivity contribution in [3.8, 4) is 0 Å². The minimum absolute atomic E-state index is 0.0170. The summed E-state index contributed by atoms with van der Waals surface area (Å²) >= 11 is 0. The number of methoxy groups -OCH3 is 1. The Morgan fingerprint density at radius 3 is 2.61 bits per heavy atom. The van der Waals surface area contributed by atoms with E-state index in [-0.39, 0.29) is 11.5 Å². The number of carbonyl (C=O) groups is 1. The zero-order valence-corrected chi connectivity index (χ0v) is 14.4. The van der Waals surface area contributed by atoms with Gasteiger partial charge in [0.25, 0.3) is 0 Å². The monoisotopic (exact) mass is 325 g/mol. The predicted octanol–water partition coefficient (Wildman–Crippen LogP) is 2.24. The number of carbonyl (C=O) groups excluding carboxylic acids is 1. The first-order valence-electron chi connectivity index (χ1n) is 9.22. The number of rotatable bonds is 4. The maximum Gasteiger partial charge on any atom is 0.225 e. The number of likely N-dealkylation sites (tertiary alicyclic amines) is 1. The van der Waals surface area contributed by atoms with Gasteiger partial charge in [0.2, 0.25) is 5.91 Å². The number of ether oxygens (including phenoxy) is 3. The molecule has 3 saturated heterocycles. The lowest BCUT2D eigenvalue weighted by molar-refractivity contribution is -0.153. The van der Waals surface area contributed by atoms with Gasteiger partial charge in [-0.2, -0.15) is 0 Å². The molecule has 1 spiro atoms. The molecular weight excluding hydrogens is 294 g/mol. The fourth-order valence-electron chi connectivity index (χ4n) is 4.35. The highest BCUT2D eigenvalue weighted by atomic mass is 16.5. The third-order valence-corrected chi connectivity index (χ3v) is 5.88. The first kappa shape index (κ1) is 17.2. The molecule has 0 N–H and O–H groups in total. The van der Waals surface area contributed by atoms with Crippen molar-refractivity contribution < 1.29 is 19.0 Å². The molecule has 5 nitrogen and oxygen atoms in total. The Morgan fingerprint density at radius 1 is 1.17 bits per heavy atom. The molecule has 0 aliphatic carbocycles. The van der Waals surface area contributed by atoms with Crippen LogP contribution in [0.4, 0.5) is 0 Å². The number of amides is 1. The second kappa shape index (κ2) is 7.95. The Balaban J connectivity index is 1.49. The fourth-order valence-corrected chi connectivity index (χ4v) is 4.35. The van der Waals surface area contributed by atoms with Crippen LogP contribution in [0, 0.1) is 11.8 Å². The molecule has 3 heterocycles. The van der Waals surface area contributed by atoms with E-state index in [4.69, 9.17) is 14.2 Å². The summed E-state index contributed by atoms with van der Waals surface area (Å²) in [6.07, 6.45) is 7.17. The average molecular weight is 325 g/mol. The number of nitrogens with zero attached hydrogens (tertiary/aromatic N) is 1. The molecule has 0 aromatic rings. The fraction of sp³-hybridized carbons (Fsp3) is 0.944. The highest BCUT2D eigenvalue weighted by Gasteiger charge is 2.41. The molecule has 0 aromatic carbocycles. The minimum atomic E-state index is 0.0170. The van der Waals surface area contributed by atoms with Crippen molar-refractivity contribution in [2.45, 2.75) is 50.5 Å². The van der Waals surface area contributed by atoms with E-state index in [1.807, 2.05) is 0 Å². The van der Waals surface area contributed by atoms with E-state index in [0.717, 1.165) is 84.5 Å². The van der Waals surface area contributed by atoms with E-state index < -0.39 is 0 Å². The Bertz CT molecular complexity index is 386. The van der Waals surface area contributed by atoms with Gasteiger partial charge < -0.3 is 19.1 Å². The molecule has 3 fully saturated rings. The van der Waals surface area contributed by atoms with Crippen LogP contribution < -0.4 is 0 Å². The van der Waals surface area contributed by atoms with Crippen molar-refractivity contribution >= 4 is 5.91 Å². The topological polar surface area (TPSA) is 48.0 Å². The van der Waals surface area contributed by atoms with E-state index in [2.05, 4.69) is 4.90 Å². The van der Waals surface area contributed by atoms with E-state index >= 15 is 0 Å². The second-order valence-electron chi connectivity index (χ2n) is 7.38. The van der Waals surface area contributed by atoms with Crippen LogP contribution in [0.15, 0.2) is 0 Å². The van der Waals surface area contributed by atoms with Crippen molar-refractivity contribution in [1.29, 1.82) is 0 Å². The Kier molecular flexibility index (Phi) is 5.94. The summed E-state index contributed by atoms with van der Waals surface area (Å²) in [7, 11) is 1.77.